The van der Waals surface area contributed by atoms with Crippen LogP contribution in [0.2, 0.25) is 0 Å². The molecule has 0 aliphatic carbocycles. The first-order chi connectivity index (χ1) is 14.4. The molecule has 2 amide bonds. The van der Waals surface area contributed by atoms with Crippen LogP contribution in [0.15, 0.2) is 35.2 Å². The van der Waals surface area contributed by atoms with Crippen molar-refractivity contribution in [3.05, 3.63) is 30.3 Å². The Morgan fingerprint density at radius 1 is 1.13 bits per heavy atom. The summed E-state index contributed by atoms with van der Waals surface area (Å²) in [7, 11) is -3.48. The van der Waals surface area contributed by atoms with Gasteiger partial charge < -0.3 is 14.5 Å². The Morgan fingerprint density at radius 3 is 2.50 bits per heavy atom. The minimum Gasteiger partial charge on any atom is -0.379 e. The minimum atomic E-state index is -3.48. The highest BCUT2D eigenvalue weighted by Gasteiger charge is 2.32. The van der Waals surface area contributed by atoms with E-state index in [4.69, 9.17) is 4.74 Å². The van der Waals surface area contributed by atoms with Gasteiger partial charge in [-0.3, -0.25) is 14.5 Å². The van der Waals surface area contributed by atoms with Crippen molar-refractivity contribution in [2.75, 3.05) is 58.2 Å². The number of ether oxygens (including phenoxy) is 1. The zero-order chi connectivity index (χ0) is 21.6. The quantitative estimate of drug-likeness (QED) is 0.593. The van der Waals surface area contributed by atoms with E-state index in [1.54, 1.807) is 42.2 Å². The first kappa shape index (κ1) is 22.7. The third kappa shape index (κ3) is 6.02. The summed E-state index contributed by atoms with van der Waals surface area (Å²) in [5.74, 6) is -0.368. The average Bonchev–Trinajstić information content (AvgIpc) is 3.23. The lowest BCUT2D eigenvalue weighted by molar-refractivity contribution is -0.133. The zero-order valence-electron chi connectivity index (χ0n) is 17.5. The number of rotatable bonds is 8. The summed E-state index contributed by atoms with van der Waals surface area (Å²) in [6, 6.07) is 8.18. The molecule has 0 aromatic heterocycles. The maximum Gasteiger partial charge on any atom is 0.223 e. The fourth-order valence-corrected chi connectivity index (χ4v) is 5.27. The first-order valence-electron chi connectivity index (χ1n) is 10.5. The van der Waals surface area contributed by atoms with E-state index in [0.717, 1.165) is 39.3 Å². The number of benzene rings is 1. The molecule has 30 heavy (non-hydrogen) atoms. The molecule has 0 bridgehead atoms. The number of likely N-dealkylation sites (tertiary alicyclic amines) is 1. The van der Waals surface area contributed by atoms with Crippen LogP contribution in [-0.2, 0) is 24.2 Å². The Labute approximate surface area is 178 Å². The number of amides is 2. The molecule has 2 heterocycles. The second-order valence-corrected chi connectivity index (χ2v) is 9.94. The lowest BCUT2D eigenvalue weighted by atomic mass is 10.2. The molecule has 1 aromatic rings. The molecule has 3 rings (SSSR count). The van der Waals surface area contributed by atoms with E-state index < -0.39 is 9.84 Å². The van der Waals surface area contributed by atoms with E-state index in [2.05, 4.69) is 4.90 Å². The number of carbonyl (C=O) groups excluding carboxylic acids is 2. The second kappa shape index (κ2) is 10.4. The van der Waals surface area contributed by atoms with E-state index in [0.29, 0.717) is 19.6 Å². The van der Waals surface area contributed by atoms with E-state index in [1.807, 2.05) is 4.90 Å². The lowest BCUT2D eigenvalue weighted by Gasteiger charge is -2.32. The molecule has 1 aromatic carbocycles. The van der Waals surface area contributed by atoms with E-state index >= 15 is 0 Å². The van der Waals surface area contributed by atoms with Crippen molar-refractivity contribution in [1.29, 1.82) is 0 Å². The molecule has 2 aliphatic heterocycles. The van der Waals surface area contributed by atoms with Crippen LogP contribution in [0.1, 0.15) is 19.8 Å². The summed E-state index contributed by atoms with van der Waals surface area (Å²) in [6.07, 6.45) is 0.678. The van der Waals surface area contributed by atoms with E-state index in [9.17, 15) is 18.0 Å². The molecular weight excluding hydrogens is 406 g/mol. The maximum absolute atomic E-state index is 12.6. The van der Waals surface area contributed by atoms with Crippen LogP contribution in [0.25, 0.3) is 0 Å². The highest BCUT2D eigenvalue weighted by Crippen LogP contribution is 2.18. The van der Waals surface area contributed by atoms with Crippen molar-refractivity contribution in [2.24, 2.45) is 0 Å². The van der Waals surface area contributed by atoms with Crippen molar-refractivity contribution in [1.82, 2.24) is 14.7 Å². The maximum atomic E-state index is 12.6. The molecule has 0 spiro atoms. The number of hydrogen-bond acceptors (Lipinski definition) is 6. The van der Waals surface area contributed by atoms with Gasteiger partial charge in [-0.25, -0.2) is 8.42 Å². The van der Waals surface area contributed by atoms with Gasteiger partial charge in [0, 0.05) is 52.6 Å². The molecule has 166 valence electrons. The summed E-state index contributed by atoms with van der Waals surface area (Å²) in [5, 5.41) is 0. The summed E-state index contributed by atoms with van der Waals surface area (Å²) in [5.41, 5.74) is 0. The van der Waals surface area contributed by atoms with Crippen molar-refractivity contribution in [2.45, 2.75) is 30.7 Å². The molecule has 2 saturated heterocycles. The zero-order valence-corrected chi connectivity index (χ0v) is 18.3. The normalized spacial score (nSPS) is 20.3. The molecule has 0 radical (unpaired) electrons. The molecule has 0 saturated carbocycles. The van der Waals surface area contributed by atoms with Crippen LogP contribution in [0.5, 0.6) is 0 Å². The van der Waals surface area contributed by atoms with Gasteiger partial charge >= 0.3 is 0 Å². The van der Waals surface area contributed by atoms with Gasteiger partial charge in [-0.15, -0.1) is 0 Å². The third-order valence-electron chi connectivity index (χ3n) is 5.81. The van der Waals surface area contributed by atoms with Crippen molar-refractivity contribution in [3.63, 3.8) is 0 Å². The highest BCUT2D eigenvalue weighted by atomic mass is 32.2. The van der Waals surface area contributed by atoms with Crippen LogP contribution in [-0.4, -0.2) is 99.2 Å². The van der Waals surface area contributed by atoms with Crippen LogP contribution >= 0.6 is 0 Å². The fourth-order valence-electron chi connectivity index (χ4n) is 4.02. The van der Waals surface area contributed by atoms with E-state index in [1.165, 1.54) is 0 Å². The van der Waals surface area contributed by atoms with Gasteiger partial charge in [0.05, 0.1) is 29.9 Å². The smallest absolute Gasteiger partial charge is 0.223 e. The van der Waals surface area contributed by atoms with Crippen LogP contribution in [0.4, 0.5) is 0 Å². The van der Waals surface area contributed by atoms with Gasteiger partial charge in [-0.2, -0.15) is 0 Å². The lowest BCUT2D eigenvalue weighted by Crippen LogP contribution is -2.47. The van der Waals surface area contributed by atoms with E-state index in [-0.39, 0.29) is 34.9 Å². The first-order valence-corrected chi connectivity index (χ1v) is 12.1. The van der Waals surface area contributed by atoms with Crippen molar-refractivity contribution < 1.29 is 22.7 Å². The molecule has 2 fully saturated rings. The summed E-state index contributed by atoms with van der Waals surface area (Å²) in [6.45, 7) is 7.19. The molecule has 1 atom stereocenters. The Balaban J connectivity index is 1.50. The molecular formula is C21H31N3O5S. The van der Waals surface area contributed by atoms with Gasteiger partial charge in [0.2, 0.25) is 11.8 Å². The Kier molecular flexibility index (Phi) is 7.85. The van der Waals surface area contributed by atoms with Gasteiger partial charge in [0.1, 0.15) is 0 Å². The molecule has 8 nitrogen and oxygen atoms in total. The molecule has 0 N–H and O–H groups in total. The van der Waals surface area contributed by atoms with Crippen molar-refractivity contribution in [3.8, 4) is 0 Å². The van der Waals surface area contributed by atoms with Crippen molar-refractivity contribution >= 4 is 21.7 Å². The fraction of sp³-hybridized carbons (Fsp3) is 0.619. The Bertz CT molecular complexity index is 824. The highest BCUT2D eigenvalue weighted by molar-refractivity contribution is 7.91. The molecule has 9 heteroatoms. The molecule has 2 aliphatic rings. The average molecular weight is 438 g/mol. The molecule has 1 unspecified atom stereocenters. The van der Waals surface area contributed by atoms with Crippen LogP contribution < -0.4 is 0 Å². The number of nitrogens with zero attached hydrogens (tertiary/aromatic N) is 3. The summed E-state index contributed by atoms with van der Waals surface area (Å²) < 4.78 is 30.2. The van der Waals surface area contributed by atoms with Crippen LogP contribution in [0.3, 0.4) is 0 Å². The van der Waals surface area contributed by atoms with Gasteiger partial charge in [0.15, 0.2) is 9.84 Å². The van der Waals surface area contributed by atoms with Gasteiger partial charge in [-0.1, -0.05) is 18.2 Å². The van der Waals surface area contributed by atoms with Gasteiger partial charge in [-0.05, 0) is 18.6 Å². The third-order valence-corrected chi connectivity index (χ3v) is 7.54. The standard InChI is InChI=1S/C21H31N3O5S/c1-18(25)24(11-10-22-12-14-29-15-13-22)19-7-9-23(17-19)21(26)8-16-30(27,28)20-5-3-2-4-6-20/h2-6,19H,7-17H2,1H3. The summed E-state index contributed by atoms with van der Waals surface area (Å²) >= 11 is 0. The Hall–Kier alpha value is -1.97. The largest absolute Gasteiger partial charge is 0.379 e. The Morgan fingerprint density at radius 2 is 1.83 bits per heavy atom. The predicted octanol–water partition coefficient (Wildman–Crippen LogP) is 0.632. The van der Waals surface area contributed by atoms with Crippen LogP contribution in [0, 0.1) is 0 Å². The monoisotopic (exact) mass is 437 g/mol. The van der Waals surface area contributed by atoms with Gasteiger partial charge in [0.25, 0.3) is 0 Å². The predicted molar refractivity (Wildman–Crippen MR) is 113 cm³/mol. The number of carbonyl (C=O) groups is 2. The number of morpholine rings is 1. The SMILES string of the molecule is CC(=O)N(CCN1CCOCC1)C1CCN(C(=O)CCS(=O)(=O)c2ccccc2)C1. The second-order valence-electron chi connectivity index (χ2n) is 7.83. The summed E-state index contributed by atoms with van der Waals surface area (Å²) in [4.78, 5) is 30.9. The number of sulfone groups is 1. The topological polar surface area (TPSA) is 87.2 Å². The number of hydrogen-bond donors (Lipinski definition) is 0. The minimum absolute atomic E-state index is 0.00853.